The van der Waals surface area contributed by atoms with Crippen molar-refractivity contribution in [3.8, 4) is 11.5 Å². The Balaban J connectivity index is 1.40. The lowest BCUT2D eigenvalue weighted by molar-refractivity contribution is -0.148. The third-order valence-electron chi connectivity index (χ3n) is 6.88. The Morgan fingerprint density at radius 3 is 2.05 bits per heavy atom. The SMILES string of the molecule is O=C1NC(=O)C(c2ccc(Oc3ccccc3)cc2)(N2CCCN(C(=O)N3CCOCC3)CC2)C(=O)N1. The average molecular weight is 508 g/mol. The number of carbonyl (C=O) groups excluding carboxylic acids is 4. The molecular weight excluding hydrogens is 478 g/mol. The zero-order chi connectivity index (χ0) is 25.8. The lowest BCUT2D eigenvalue weighted by Crippen LogP contribution is -2.71. The van der Waals surface area contributed by atoms with E-state index in [0.717, 1.165) is 0 Å². The summed E-state index contributed by atoms with van der Waals surface area (Å²) in [7, 11) is 0. The number of imide groups is 2. The third-order valence-corrected chi connectivity index (χ3v) is 6.88. The summed E-state index contributed by atoms with van der Waals surface area (Å²) in [6.45, 7) is 3.56. The van der Waals surface area contributed by atoms with Gasteiger partial charge >= 0.3 is 12.1 Å². The number of nitrogens with zero attached hydrogens (tertiary/aromatic N) is 3. The summed E-state index contributed by atoms with van der Waals surface area (Å²) in [5, 5.41) is 4.54. The maximum Gasteiger partial charge on any atom is 0.328 e. The molecule has 11 nitrogen and oxygen atoms in total. The predicted octanol–water partition coefficient (Wildman–Crippen LogP) is 1.50. The number of urea groups is 2. The van der Waals surface area contributed by atoms with Gasteiger partial charge in [-0.25, -0.2) is 9.59 Å². The molecule has 37 heavy (non-hydrogen) atoms. The third kappa shape index (κ3) is 4.87. The first-order valence-electron chi connectivity index (χ1n) is 12.4. The Labute approximate surface area is 214 Å². The van der Waals surface area contributed by atoms with E-state index in [9.17, 15) is 19.2 Å². The van der Waals surface area contributed by atoms with Crippen molar-refractivity contribution in [2.75, 3.05) is 52.5 Å². The van der Waals surface area contributed by atoms with Crippen molar-refractivity contribution >= 4 is 23.9 Å². The van der Waals surface area contributed by atoms with Crippen LogP contribution in [0.15, 0.2) is 54.6 Å². The minimum absolute atomic E-state index is 0.0747. The fourth-order valence-electron chi connectivity index (χ4n) is 5.04. The summed E-state index contributed by atoms with van der Waals surface area (Å²) in [5.41, 5.74) is -1.36. The number of benzene rings is 2. The molecule has 3 aliphatic rings. The van der Waals surface area contributed by atoms with E-state index < -0.39 is 23.4 Å². The van der Waals surface area contributed by atoms with Gasteiger partial charge in [0, 0.05) is 39.3 Å². The molecule has 194 valence electrons. The average Bonchev–Trinajstić information content (AvgIpc) is 3.17. The van der Waals surface area contributed by atoms with Gasteiger partial charge in [-0.2, -0.15) is 0 Å². The minimum atomic E-state index is -1.77. The largest absolute Gasteiger partial charge is 0.457 e. The van der Waals surface area contributed by atoms with Gasteiger partial charge in [0.05, 0.1) is 13.2 Å². The molecule has 11 heteroatoms. The van der Waals surface area contributed by atoms with Gasteiger partial charge in [0.1, 0.15) is 11.5 Å². The highest BCUT2D eigenvalue weighted by Gasteiger charge is 2.56. The van der Waals surface area contributed by atoms with Crippen LogP contribution in [0.2, 0.25) is 0 Å². The van der Waals surface area contributed by atoms with Crippen LogP contribution in [-0.2, 0) is 19.9 Å². The number of ether oxygens (including phenoxy) is 2. The van der Waals surface area contributed by atoms with E-state index in [1.165, 1.54) is 0 Å². The van der Waals surface area contributed by atoms with Gasteiger partial charge in [-0.05, 0) is 36.2 Å². The molecule has 2 aromatic rings. The Hall–Kier alpha value is -3.96. The zero-order valence-electron chi connectivity index (χ0n) is 20.4. The quantitative estimate of drug-likeness (QED) is 0.602. The lowest BCUT2D eigenvalue weighted by Gasteiger charge is -2.42. The molecule has 3 fully saturated rings. The van der Waals surface area contributed by atoms with Crippen LogP contribution in [0.4, 0.5) is 9.59 Å². The molecule has 0 saturated carbocycles. The Bertz CT molecular complexity index is 1150. The van der Waals surface area contributed by atoms with Crippen molar-refractivity contribution in [1.29, 1.82) is 0 Å². The van der Waals surface area contributed by atoms with Crippen LogP contribution in [0.3, 0.4) is 0 Å². The molecule has 0 radical (unpaired) electrons. The Kier molecular flexibility index (Phi) is 7.06. The number of morpholine rings is 1. The molecule has 2 aromatic carbocycles. The first-order chi connectivity index (χ1) is 18.0. The summed E-state index contributed by atoms with van der Waals surface area (Å²) in [5.74, 6) is -0.242. The summed E-state index contributed by atoms with van der Waals surface area (Å²) < 4.78 is 11.2. The molecule has 0 atom stereocenters. The van der Waals surface area contributed by atoms with Crippen molar-refractivity contribution in [2.24, 2.45) is 0 Å². The number of rotatable bonds is 4. The highest BCUT2D eigenvalue weighted by Crippen LogP contribution is 2.34. The van der Waals surface area contributed by atoms with E-state index >= 15 is 0 Å². The van der Waals surface area contributed by atoms with E-state index in [1.807, 2.05) is 30.3 Å². The molecule has 2 N–H and O–H groups in total. The van der Waals surface area contributed by atoms with Crippen molar-refractivity contribution in [3.05, 3.63) is 60.2 Å². The van der Waals surface area contributed by atoms with Gasteiger partial charge in [-0.15, -0.1) is 0 Å². The molecule has 0 aromatic heterocycles. The molecule has 0 aliphatic carbocycles. The van der Waals surface area contributed by atoms with Crippen LogP contribution in [0.1, 0.15) is 12.0 Å². The van der Waals surface area contributed by atoms with E-state index in [-0.39, 0.29) is 12.6 Å². The van der Waals surface area contributed by atoms with E-state index in [2.05, 4.69) is 10.6 Å². The second-order valence-electron chi connectivity index (χ2n) is 9.10. The van der Waals surface area contributed by atoms with E-state index in [4.69, 9.17) is 9.47 Å². The topological polar surface area (TPSA) is 121 Å². The van der Waals surface area contributed by atoms with Crippen molar-refractivity contribution < 1.29 is 28.7 Å². The van der Waals surface area contributed by atoms with Gasteiger partial charge in [-0.3, -0.25) is 25.1 Å². The highest BCUT2D eigenvalue weighted by atomic mass is 16.5. The molecule has 3 heterocycles. The number of hydrogen-bond donors (Lipinski definition) is 2. The highest BCUT2D eigenvalue weighted by molar-refractivity contribution is 6.22. The van der Waals surface area contributed by atoms with Gasteiger partial charge in [-0.1, -0.05) is 30.3 Å². The monoisotopic (exact) mass is 507 g/mol. The second-order valence-corrected chi connectivity index (χ2v) is 9.10. The number of amides is 6. The smallest absolute Gasteiger partial charge is 0.328 e. The van der Waals surface area contributed by atoms with Crippen LogP contribution in [-0.4, -0.2) is 91.1 Å². The van der Waals surface area contributed by atoms with Gasteiger partial charge in [0.2, 0.25) is 5.54 Å². The van der Waals surface area contributed by atoms with Gasteiger partial charge < -0.3 is 19.3 Å². The maximum absolute atomic E-state index is 13.4. The molecule has 6 amide bonds. The first kappa shape index (κ1) is 24.7. The first-order valence-corrected chi connectivity index (χ1v) is 12.4. The molecule has 3 aliphatic heterocycles. The molecule has 0 spiro atoms. The molecular formula is C26H29N5O6. The lowest BCUT2D eigenvalue weighted by atomic mass is 9.84. The zero-order valence-corrected chi connectivity index (χ0v) is 20.4. The summed E-state index contributed by atoms with van der Waals surface area (Å²) >= 11 is 0. The summed E-state index contributed by atoms with van der Waals surface area (Å²) in [4.78, 5) is 57.1. The van der Waals surface area contributed by atoms with Crippen molar-refractivity contribution in [3.63, 3.8) is 0 Å². The number of nitrogens with one attached hydrogen (secondary N) is 2. The van der Waals surface area contributed by atoms with Crippen LogP contribution in [0, 0.1) is 0 Å². The molecule has 3 saturated heterocycles. The Morgan fingerprint density at radius 2 is 1.38 bits per heavy atom. The summed E-state index contributed by atoms with van der Waals surface area (Å²) in [6.07, 6.45) is 0.557. The summed E-state index contributed by atoms with van der Waals surface area (Å²) in [6, 6.07) is 15.0. The fraction of sp³-hybridized carbons (Fsp3) is 0.385. The maximum atomic E-state index is 13.4. The standard InChI is InChI=1S/C26H29N5O6/c32-22-26(23(33)28-24(34)27-22,19-7-9-21(10-8-19)37-20-5-2-1-3-6-20)31-12-4-11-29(13-14-31)25(35)30-15-17-36-18-16-30/h1-3,5-10H,4,11-18H2,(H2,27,28,32,33,34). The molecule has 5 rings (SSSR count). The number of carbonyl (C=O) groups is 4. The normalized spacial score (nSPS) is 20.6. The number of hydrogen-bond acceptors (Lipinski definition) is 7. The van der Waals surface area contributed by atoms with Crippen LogP contribution >= 0.6 is 0 Å². The molecule has 0 unspecified atom stereocenters. The number of para-hydroxylation sites is 1. The van der Waals surface area contributed by atoms with Gasteiger partial charge in [0.15, 0.2) is 0 Å². The predicted molar refractivity (Wildman–Crippen MR) is 132 cm³/mol. The van der Waals surface area contributed by atoms with Crippen LogP contribution in [0.25, 0.3) is 0 Å². The van der Waals surface area contributed by atoms with Crippen LogP contribution < -0.4 is 15.4 Å². The van der Waals surface area contributed by atoms with Gasteiger partial charge in [0.25, 0.3) is 11.8 Å². The van der Waals surface area contributed by atoms with Crippen LogP contribution in [0.5, 0.6) is 11.5 Å². The second kappa shape index (κ2) is 10.6. The van der Waals surface area contributed by atoms with Crippen molar-refractivity contribution in [2.45, 2.75) is 12.0 Å². The Morgan fingerprint density at radius 1 is 0.757 bits per heavy atom. The minimum Gasteiger partial charge on any atom is -0.457 e. The fourth-order valence-corrected chi connectivity index (χ4v) is 5.04. The van der Waals surface area contributed by atoms with E-state index in [0.29, 0.717) is 69.4 Å². The van der Waals surface area contributed by atoms with E-state index in [1.54, 1.807) is 39.0 Å². The molecule has 0 bridgehead atoms. The van der Waals surface area contributed by atoms with Crippen molar-refractivity contribution in [1.82, 2.24) is 25.3 Å². The number of barbiturate groups is 1.